The Bertz CT molecular complexity index is 333. The molecular formula is C7H6F3N3O. The lowest BCUT2D eigenvalue weighted by atomic mass is 10.3. The first-order chi connectivity index (χ1) is 6.45. The summed E-state index contributed by atoms with van der Waals surface area (Å²) in [4.78, 5) is 6.67. The smallest absolute Gasteiger partial charge is 0.419 e. The molecule has 0 saturated carbocycles. The molecule has 0 bridgehead atoms. The van der Waals surface area contributed by atoms with Crippen molar-refractivity contribution < 1.29 is 17.9 Å². The first-order valence-corrected chi connectivity index (χ1v) is 3.47. The summed E-state index contributed by atoms with van der Waals surface area (Å²) in [7, 11) is 1.21. The minimum Gasteiger partial charge on any atom is -0.479 e. The summed E-state index contributed by atoms with van der Waals surface area (Å²) in [5, 5.41) is 7.08. The molecule has 0 aliphatic carbocycles. The van der Waals surface area contributed by atoms with Gasteiger partial charge in [-0.25, -0.2) is 9.97 Å². The van der Waals surface area contributed by atoms with Crippen LogP contribution in [0.15, 0.2) is 12.4 Å². The molecule has 1 heterocycles. The monoisotopic (exact) mass is 205 g/mol. The Morgan fingerprint density at radius 3 is 2.21 bits per heavy atom. The third kappa shape index (κ3) is 2.18. The molecule has 0 aliphatic rings. The molecular weight excluding hydrogens is 199 g/mol. The fourth-order valence-electron chi connectivity index (χ4n) is 0.683. The summed E-state index contributed by atoms with van der Waals surface area (Å²) < 4.78 is 40.6. The van der Waals surface area contributed by atoms with Gasteiger partial charge in [0.15, 0.2) is 0 Å². The number of methoxy groups -OCH3 is 1. The van der Waals surface area contributed by atoms with E-state index in [0.29, 0.717) is 12.4 Å². The maximum absolute atomic E-state index is 12.0. The Hall–Kier alpha value is -1.66. The van der Waals surface area contributed by atoms with Crippen LogP contribution >= 0.6 is 0 Å². The first-order valence-electron chi connectivity index (χ1n) is 3.47. The third-order valence-electron chi connectivity index (χ3n) is 1.39. The summed E-state index contributed by atoms with van der Waals surface area (Å²) in [6, 6.07) is 0. The molecule has 0 aliphatic heterocycles. The van der Waals surface area contributed by atoms with Crippen LogP contribution in [0.25, 0.3) is 0 Å². The Balaban J connectivity index is 2.95. The standard InChI is InChI=1S/C7H6F3N3O/c1-14-5(11)6-12-2-4(3-13-6)7(8,9)10/h2-3,11H,1H3. The highest BCUT2D eigenvalue weighted by atomic mass is 19.4. The van der Waals surface area contributed by atoms with Gasteiger partial charge in [0, 0.05) is 12.4 Å². The van der Waals surface area contributed by atoms with Crippen LogP contribution in [-0.2, 0) is 10.9 Å². The van der Waals surface area contributed by atoms with Crippen molar-refractivity contribution in [2.45, 2.75) is 6.18 Å². The first kappa shape index (κ1) is 10.4. The van der Waals surface area contributed by atoms with Crippen LogP contribution in [0, 0.1) is 5.41 Å². The molecule has 1 N–H and O–H groups in total. The maximum atomic E-state index is 12.0. The van der Waals surface area contributed by atoms with Crippen molar-refractivity contribution in [1.29, 1.82) is 5.41 Å². The summed E-state index contributed by atoms with van der Waals surface area (Å²) in [5.41, 5.74) is -0.954. The fraction of sp³-hybridized carbons (Fsp3) is 0.286. The number of ether oxygens (including phenoxy) is 1. The van der Waals surface area contributed by atoms with E-state index in [-0.39, 0.29) is 11.7 Å². The van der Waals surface area contributed by atoms with Gasteiger partial charge >= 0.3 is 6.18 Å². The van der Waals surface area contributed by atoms with Crippen LogP contribution in [0.2, 0.25) is 0 Å². The molecule has 0 atom stereocenters. The molecule has 0 radical (unpaired) electrons. The number of nitrogens with zero attached hydrogens (tertiary/aromatic N) is 2. The minimum atomic E-state index is -4.46. The maximum Gasteiger partial charge on any atom is 0.419 e. The van der Waals surface area contributed by atoms with Crippen molar-refractivity contribution in [3.05, 3.63) is 23.8 Å². The molecule has 0 spiro atoms. The fourth-order valence-corrected chi connectivity index (χ4v) is 0.683. The number of aromatic nitrogens is 2. The van der Waals surface area contributed by atoms with Crippen molar-refractivity contribution in [3.63, 3.8) is 0 Å². The van der Waals surface area contributed by atoms with Crippen LogP contribution in [-0.4, -0.2) is 23.0 Å². The van der Waals surface area contributed by atoms with Crippen molar-refractivity contribution in [2.24, 2.45) is 0 Å². The van der Waals surface area contributed by atoms with Crippen molar-refractivity contribution in [2.75, 3.05) is 7.11 Å². The van der Waals surface area contributed by atoms with Crippen LogP contribution in [0.3, 0.4) is 0 Å². The Labute approximate surface area is 77.3 Å². The van der Waals surface area contributed by atoms with Gasteiger partial charge in [0.05, 0.1) is 12.7 Å². The van der Waals surface area contributed by atoms with E-state index in [0.717, 1.165) is 0 Å². The molecule has 0 amide bonds. The number of hydrogen-bond acceptors (Lipinski definition) is 4. The second-order valence-electron chi connectivity index (χ2n) is 2.33. The number of halogens is 3. The minimum absolute atomic E-state index is 0.180. The number of alkyl halides is 3. The highest BCUT2D eigenvalue weighted by Crippen LogP contribution is 2.27. The Morgan fingerprint density at radius 2 is 1.86 bits per heavy atom. The van der Waals surface area contributed by atoms with Gasteiger partial charge in [-0.1, -0.05) is 0 Å². The number of rotatable bonds is 1. The molecule has 76 valence electrons. The quantitative estimate of drug-likeness (QED) is 0.557. The van der Waals surface area contributed by atoms with Gasteiger partial charge in [0.25, 0.3) is 5.90 Å². The van der Waals surface area contributed by atoms with Crippen LogP contribution in [0.4, 0.5) is 13.2 Å². The predicted octanol–water partition coefficient (Wildman–Crippen LogP) is 1.47. The summed E-state index contributed by atoms with van der Waals surface area (Å²) in [5.74, 6) is -0.556. The van der Waals surface area contributed by atoms with E-state index in [1.807, 2.05) is 0 Å². The molecule has 0 unspecified atom stereocenters. The molecule has 1 aromatic heterocycles. The topological polar surface area (TPSA) is 58.9 Å². The SMILES string of the molecule is COC(=N)c1ncc(C(F)(F)F)cn1. The number of hydrogen-bond donors (Lipinski definition) is 1. The molecule has 14 heavy (non-hydrogen) atoms. The van der Waals surface area contributed by atoms with Gasteiger partial charge in [-0.2, -0.15) is 13.2 Å². The summed E-state index contributed by atoms with van der Waals surface area (Å²) >= 11 is 0. The van der Waals surface area contributed by atoms with Crippen molar-refractivity contribution in [3.8, 4) is 0 Å². The van der Waals surface area contributed by atoms with Gasteiger partial charge in [-0.05, 0) is 0 Å². The third-order valence-corrected chi connectivity index (χ3v) is 1.39. The van der Waals surface area contributed by atoms with Gasteiger partial charge < -0.3 is 4.74 Å². The van der Waals surface area contributed by atoms with Crippen LogP contribution < -0.4 is 0 Å². The second-order valence-corrected chi connectivity index (χ2v) is 2.33. The normalized spacial score (nSPS) is 11.1. The van der Waals surface area contributed by atoms with E-state index in [1.54, 1.807) is 0 Å². The van der Waals surface area contributed by atoms with Gasteiger partial charge in [0.2, 0.25) is 5.82 Å². The largest absolute Gasteiger partial charge is 0.479 e. The second kappa shape index (κ2) is 3.60. The van der Waals surface area contributed by atoms with Gasteiger partial charge in [-0.3, -0.25) is 5.41 Å². The van der Waals surface area contributed by atoms with E-state index in [2.05, 4.69) is 14.7 Å². The summed E-state index contributed by atoms with van der Waals surface area (Å²) in [6.45, 7) is 0. The lowest BCUT2D eigenvalue weighted by Crippen LogP contribution is -2.11. The van der Waals surface area contributed by atoms with E-state index >= 15 is 0 Å². The van der Waals surface area contributed by atoms with E-state index < -0.39 is 11.7 Å². The zero-order valence-corrected chi connectivity index (χ0v) is 7.09. The molecule has 4 nitrogen and oxygen atoms in total. The molecule has 0 saturated heterocycles. The van der Waals surface area contributed by atoms with E-state index in [4.69, 9.17) is 5.41 Å². The Kier molecular flexibility index (Phi) is 2.68. The molecule has 1 rings (SSSR count). The molecule has 7 heteroatoms. The van der Waals surface area contributed by atoms with Gasteiger partial charge in [0.1, 0.15) is 0 Å². The summed E-state index contributed by atoms with van der Waals surface area (Å²) in [6.07, 6.45) is -3.25. The molecule has 1 aromatic rings. The highest BCUT2D eigenvalue weighted by Gasteiger charge is 2.31. The van der Waals surface area contributed by atoms with Gasteiger partial charge in [-0.15, -0.1) is 0 Å². The van der Waals surface area contributed by atoms with Crippen LogP contribution in [0.5, 0.6) is 0 Å². The van der Waals surface area contributed by atoms with Crippen molar-refractivity contribution >= 4 is 5.90 Å². The lowest BCUT2D eigenvalue weighted by molar-refractivity contribution is -0.138. The molecule has 0 aromatic carbocycles. The lowest BCUT2D eigenvalue weighted by Gasteiger charge is -2.05. The Morgan fingerprint density at radius 1 is 1.36 bits per heavy atom. The average Bonchev–Trinajstić information content (AvgIpc) is 2.15. The predicted molar refractivity (Wildman–Crippen MR) is 40.9 cm³/mol. The molecule has 0 fully saturated rings. The van der Waals surface area contributed by atoms with Crippen molar-refractivity contribution in [1.82, 2.24) is 9.97 Å². The zero-order valence-electron chi connectivity index (χ0n) is 7.09. The highest BCUT2D eigenvalue weighted by molar-refractivity contribution is 5.87. The number of nitrogens with one attached hydrogen (secondary N) is 1. The van der Waals surface area contributed by atoms with Crippen LogP contribution in [0.1, 0.15) is 11.4 Å². The zero-order chi connectivity index (χ0) is 10.8. The average molecular weight is 205 g/mol. The van der Waals surface area contributed by atoms with E-state index in [1.165, 1.54) is 7.11 Å². The van der Waals surface area contributed by atoms with E-state index in [9.17, 15) is 13.2 Å².